The molecule has 1 aromatic carbocycles. The molecule has 3 rings (SSSR count). The fraction of sp³-hybridized carbons (Fsp3) is 0.478. The van der Waals surface area contributed by atoms with E-state index < -0.39 is 9.84 Å². The minimum absolute atomic E-state index is 0.122. The zero-order valence-electron chi connectivity index (χ0n) is 17.3. The van der Waals surface area contributed by atoms with Crippen molar-refractivity contribution in [3.05, 3.63) is 65.5 Å². The molecule has 1 saturated heterocycles. The number of hydrogen-bond donors (Lipinski definition) is 0. The third-order valence-electron chi connectivity index (χ3n) is 5.69. The van der Waals surface area contributed by atoms with Crippen LogP contribution in [-0.2, 0) is 27.5 Å². The van der Waals surface area contributed by atoms with Crippen molar-refractivity contribution in [2.75, 3.05) is 18.8 Å². The van der Waals surface area contributed by atoms with E-state index in [4.69, 9.17) is 0 Å². The summed E-state index contributed by atoms with van der Waals surface area (Å²) in [6, 6.07) is 12.2. The Balaban J connectivity index is 1.48. The lowest BCUT2D eigenvalue weighted by Gasteiger charge is -2.32. The molecule has 2 heterocycles. The fourth-order valence-corrected chi connectivity index (χ4v) is 5.04. The number of benzene rings is 1. The normalized spacial score (nSPS) is 15.6. The van der Waals surface area contributed by atoms with Gasteiger partial charge in [0.25, 0.3) is 0 Å². The SMILES string of the molecule is CC(C)S(=O)(=O)CC1CCN(C(=O)Cc2ccc(Cc3ccncc3)cc2)CC1. The highest BCUT2D eigenvalue weighted by Gasteiger charge is 2.27. The number of rotatable bonds is 7. The Morgan fingerprint density at radius 3 is 2.14 bits per heavy atom. The van der Waals surface area contributed by atoms with Gasteiger partial charge in [-0.15, -0.1) is 0 Å². The van der Waals surface area contributed by atoms with Crippen LogP contribution >= 0.6 is 0 Å². The molecule has 0 unspecified atom stereocenters. The molecule has 1 aliphatic rings. The number of hydrogen-bond acceptors (Lipinski definition) is 4. The Bertz CT molecular complexity index is 901. The summed E-state index contributed by atoms with van der Waals surface area (Å²) in [4.78, 5) is 18.6. The predicted octanol–water partition coefficient (Wildman–Crippen LogP) is 3.28. The van der Waals surface area contributed by atoms with Crippen molar-refractivity contribution in [3.8, 4) is 0 Å². The number of aromatic nitrogens is 1. The van der Waals surface area contributed by atoms with Crippen LogP contribution in [0.5, 0.6) is 0 Å². The molecule has 156 valence electrons. The van der Waals surface area contributed by atoms with Gasteiger partial charge in [0.2, 0.25) is 5.91 Å². The molecular weight excluding hydrogens is 384 g/mol. The molecule has 0 bridgehead atoms. The monoisotopic (exact) mass is 414 g/mol. The van der Waals surface area contributed by atoms with E-state index >= 15 is 0 Å². The molecule has 0 saturated carbocycles. The van der Waals surface area contributed by atoms with Gasteiger partial charge in [0, 0.05) is 25.5 Å². The first kappa shape index (κ1) is 21.5. The van der Waals surface area contributed by atoms with Crippen molar-refractivity contribution in [1.29, 1.82) is 0 Å². The van der Waals surface area contributed by atoms with Crippen molar-refractivity contribution >= 4 is 15.7 Å². The molecule has 1 amide bonds. The second-order valence-corrected chi connectivity index (χ2v) is 10.8. The Morgan fingerprint density at radius 2 is 1.55 bits per heavy atom. The van der Waals surface area contributed by atoms with E-state index in [0.29, 0.717) is 19.5 Å². The number of nitrogens with zero attached hydrogens (tertiary/aromatic N) is 2. The van der Waals surface area contributed by atoms with Gasteiger partial charge in [-0.2, -0.15) is 0 Å². The quantitative estimate of drug-likeness (QED) is 0.697. The number of likely N-dealkylation sites (tertiary alicyclic amines) is 1. The average molecular weight is 415 g/mol. The highest BCUT2D eigenvalue weighted by atomic mass is 32.2. The van der Waals surface area contributed by atoms with Crippen LogP contribution in [0.3, 0.4) is 0 Å². The summed E-state index contributed by atoms with van der Waals surface area (Å²) in [5, 5.41) is -0.330. The number of carbonyl (C=O) groups excluding carboxylic acids is 1. The van der Waals surface area contributed by atoms with E-state index in [1.54, 1.807) is 26.2 Å². The maximum atomic E-state index is 12.6. The van der Waals surface area contributed by atoms with Crippen molar-refractivity contribution < 1.29 is 13.2 Å². The molecule has 0 N–H and O–H groups in total. The van der Waals surface area contributed by atoms with Crippen LogP contribution in [0.15, 0.2) is 48.8 Å². The van der Waals surface area contributed by atoms with E-state index in [9.17, 15) is 13.2 Å². The highest BCUT2D eigenvalue weighted by molar-refractivity contribution is 7.91. The van der Waals surface area contributed by atoms with Gasteiger partial charge in [-0.1, -0.05) is 24.3 Å². The topological polar surface area (TPSA) is 67.3 Å². The maximum Gasteiger partial charge on any atom is 0.226 e. The maximum absolute atomic E-state index is 12.6. The minimum Gasteiger partial charge on any atom is -0.342 e. The lowest BCUT2D eigenvalue weighted by Crippen LogP contribution is -2.41. The second-order valence-electron chi connectivity index (χ2n) is 8.23. The molecule has 5 nitrogen and oxygen atoms in total. The third-order valence-corrected chi connectivity index (χ3v) is 8.06. The van der Waals surface area contributed by atoms with Gasteiger partial charge in [0.05, 0.1) is 17.4 Å². The van der Waals surface area contributed by atoms with E-state index in [-0.39, 0.29) is 22.8 Å². The van der Waals surface area contributed by atoms with Crippen LogP contribution in [0.1, 0.15) is 43.4 Å². The van der Waals surface area contributed by atoms with Crippen LogP contribution in [0, 0.1) is 5.92 Å². The first-order valence-electron chi connectivity index (χ1n) is 10.3. The van der Waals surface area contributed by atoms with Crippen molar-refractivity contribution in [2.45, 2.75) is 44.8 Å². The van der Waals surface area contributed by atoms with Crippen molar-refractivity contribution in [2.24, 2.45) is 5.92 Å². The first-order valence-corrected chi connectivity index (χ1v) is 12.0. The summed E-state index contributed by atoms with van der Waals surface area (Å²) in [6.07, 6.45) is 6.37. The van der Waals surface area contributed by atoms with Crippen molar-refractivity contribution in [1.82, 2.24) is 9.88 Å². The van der Waals surface area contributed by atoms with Gasteiger partial charge in [0.1, 0.15) is 0 Å². The minimum atomic E-state index is -3.02. The van der Waals surface area contributed by atoms with Gasteiger partial charge in [-0.25, -0.2) is 8.42 Å². The van der Waals surface area contributed by atoms with E-state index in [0.717, 1.165) is 24.8 Å². The van der Waals surface area contributed by atoms with Crippen LogP contribution in [0.25, 0.3) is 0 Å². The molecule has 6 heteroatoms. The van der Waals surface area contributed by atoms with Gasteiger partial charge < -0.3 is 4.90 Å². The fourth-order valence-electron chi connectivity index (χ4n) is 3.67. The van der Waals surface area contributed by atoms with Crippen molar-refractivity contribution in [3.63, 3.8) is 0 Å². The van der Waals surface area contributed by atoms with Crippen LogP contribution in [0.4, 0.5) is 0 Å². The molecule has 0 radical (unpaired) electrons. The Hall–Kier alpha value is -2.21. The molecule has 0 atom stereocenters. The third kappa shape index (κ3) is 6.13. The summed E-state index contributed by atoms with van der Waals surface area (Å²) < 4.78 is 24.2. The van der Waals surface area contributed by atoms with Crippen LogP contribution in [0.2, 0.25) is 0 Å². The Morgan fingerprint density at radius 1 is 1.00 bits per heavy atom. The second kappa shape index (κ2) is 9.53. The molecule has 1 aromatic heterocycles. The standard InChI is InChI=1S/C23H30N2O3S/c1-18(2)29(27,28)17-22-9-13-25(14-10-22)23(26)16-20-5-3-19(4-6-20)15-21-7-11-24-12-8-21/h3-8,11-12,18,22H,9-10,13-17H2,1-2H3. The lowest BCUT2D eigenvalue weighted by molar-refractivity contribution is -0.131. The Labute approximate surface area is 174 Å². The summed E-state index contributed by atoms with van der Waals surface area (Å²) >= 11 is 0. The number of pyridine rings is 1. The predicted molar refractivity (Wildman–Crippen MR) is 115 cm³/mol. The lowest BCUT2D eigenvalue weighted by atomic mass is 9.98. The van der Waals surface area contributed by atoms with E-state index in [1.165, 1.54) is 11.1 Å². The number of piperidine rings is 1. The number of sulfone groups is 1. The summed E-state index contributed by atoms with van der Waals surface area (Å²) in [7, 11) is -3.02. The van der Waals surface area contributed by atoms with Gasteiger partial charge in [0.15, 0.2) is 9.84 Å². The molecule has 2 aromatic rings. The van der Waals surface area contributed by atoms with E-state index in [2.05, 4.69) is 17.1 Å². The summed E-state index contributed by atoms with van der Waals surface area (Å²) in [5.41, 5.74) is 3.43. The first-order chi connectivity index (χ1) is 13.8. The number of amides is 1. The molecule has 29 heavy (non-hydrogen) atoms. The van der Waals surface area contributed by atoms with E-state index in [1.807, 2.05) is 29.2 Å². The number of carbonyl (C=O) groups is 1. The molecular formula is C23H30N2O3S. The van der Waals surface area contributed by atoms with Gasteiger partial charge in [-0.3, -0.25) is 9.78 Å². The smallest absolute Gasteiger partial charge is 0.226 e. The van der Waals surface area contributed by atoms with Gasteiger partial charge >= 0.3 is 0 Å². The molecule has 1 fully saturated rings. The zero-order valence-corrected chi connectivity index (χ0v) is 18.1. The average Bonchev–Trinajstić information content (AvgIpc) is 2.70. The summed E-state index contributed by atoms with van der Waals surface area (Å²) in [5.74, 6) is 0.530. The van der Waals surface area contributed by atoms with Crippen LogP contribution in [-0.4, -0.2) is 48.3 Å². The van der Waals surface area contributed by atoms with Crippen LogP contribution < -0.4 is 0 Å². The molecule has 1 aliphatic heterocycles. The Kier molecular flexibility index (Phi) is 7.06. The largest absolute Gasteiger partial charge is 0.342 e. The summed E-state index contributed by atoms with van der Waals surface area (Å²) in [6.45, 7) is 4.77. The van der Waals surface area contributed by atoms with Gasteiger partial charge in [-0.05, 0) is 67.9 Å². The highest BCUT2D eigenvalue weighted by Crippen LogP contribution is 2.21. The zero-order chi connectivity index (χ0) is 20.9. The molecule has 0 spiro atoms. The molecule has 0 aliphatic carbocycles.